The zero-order valence-electron chi connectivity index (χ0n) is 10.0. The molecule has 0 radical (unpaired) electrons. The minimum atomic E-state index is -1.08. The second-order valence-electron chi connectivity index (χ2n) is 5.03. The molecule has 3 nitrogen and oxygen atoms in total. The van der Waals surface area contributed by atoms with Crippen LogP contribution >= 0.6 is 0 Å². The summed E-state index contributed by atoms with van der Waals surface area (Å²) in [5.41, 5.74) is 0.587. The third-order valence-electron chi connectivity index (χ3n) is 3.38. The van der Waals surface area contributed by atoms with Crippen LogP contribution in [-0.2, 0) is 0 Å². The third-order valence-corrected chi connectivity index (χ3v) is 3.38. The summed E-state index contributed by atoms with van der Waals surface area (Å²) in [7, 11) is 0. The Balaban J connectivity index is 2.48. The van der Waals surface area contributed by atoms with E-state index < -0.39 is 11.8 Å². The molecule has 1 saturated heterocycles. The van der Waals surface area contributed by atoms with E-state index in [1.165, 1.54) is 6.07 Å². The van der Waals surface area contributed by atoms with E-state index in [2.05, 4.69) is 18.7 Å². The molecule has 0 amide bonds. The molecule has 0 bridgehead atoms. The molecule has 1 aromatic carbocycles. The van der Waals surface area contributed by atoms with Gasteiger partial charge in [0.05, 0.1) is 11.3 Å². The van der Waals surface area contributed by atoms with Gasteiger partial charge in [-0.05, 0) is 44.9 Å². The maximum Gasteiger partial charge on any atom is 0.337 e. The van der Waals surface area contributed by atoms with Gasteiger partial charge in [-0.15, -0.1) is 0 Å². The molecule has 1 fully saturated rings. The molecule has 0 atom stereocenters. The van der Waals surface area contributed by atoms with Crippen LogP contribution in [0.3, 0.4) is 0 Å². The number of aromatic carboxylic acids is 1. The SMILES string of the molecule is CC1(C)CCCN1c1ccc(F)cc1C(=O)O. The van der Waals surface area contributed by atoms with Crippen molar-refractivity contribution in [1.82, 2.24) is 0 Å². The maximum absolute atomic E-state index is 13.1. The molecule has 1 aliphatic rings. The predicted octanol–water partition coefficient (Wildman–Crippen LogP) is 2.90. The molecule has 1 aromatic rings. The molecular weight excluding hydrogens is 221 g/mol. The number of anilines is 1. The van der Waals surface area contributed by atoms with E-state index in [4.69, 9.17) is 5.11 Å². The molecule has 0 unspecified atom stereocenters. The lowest BCUT2D eigenvalue weighted by atomic mass is 10.0. The van der Waals surface area contributed by atoms with Crippen LogP contribution in [0.2, 0.25) is 0 Å². The predicted molar refractivity (Wildman–Crippen MR) is 64.0 cm³/mol. The summed E-state index contributed by atoms with van der Waals surface area (Å²) in [4.78, 5) is 13.2. The minimum Gasteiger partial charge on any atom is -0.478 e. The second-order valence-corrected chi connectivity index (χ2v) is 5.03. The van der Waals surface area contributed by atoms with Crippen molar-refractivity contribution in [3.8, 4) is 0 Å². The fourth-order valence-electron chi connectivity index (χ4n) is 2.47. The molecule has 0 aromatic heterocycles. The van der Waals surface area contributed by atoms with Crippen LogP contribution in [0.4, 0.5) is 10.1 Å². The van der Waals surface area contributed by atoms with Gasteiger partial charge in [-0.2, -0.15) is 0 Å². The molecule has 0 spiro atoms. The Bertz CT molecular complexity index is 457. The van der Waals surface area contributed by atoms with Crippen molar-refractivity contribution in [2.24, 2.45) is 0 Å². The number of rotatable bonds is 2. The monoisotopic (exact) mass is 237 g/mol. The number of carboxylic acid groups (broad SMARTS) is 1. The lowest BCUT2D eigenvalue weighted by Crippen LogP contribution is -2.39. The maximum atomic E-state index is 13.1. The minimum absolute atomic E-state index is 0.0416. The summed E-state index contributed by atoms with van der Waals surface area (Å²) in [5, 5.41) is 9.13. The second kappa shape index (κ2) is 4.02. The molecule has 1 N–H and O–H groups in total. The Labute approximate surface area is 99.9 Å². The van der Waals surface area contributed by atoms with E-state index in [0.29, 0.717) is 5.69 Å². The zero-order valence-corrected chi connectivity index (χ0v) is 10.0. The van der Waals surface area contributed by atoms with Crippen molar-refractivity contribution in [3.05, 3.63) is 29.6 Å². The van der Waals surface area contributed by atoms with Crippen molar-refractivity contribution in [3.63, 3.8) is 0 Å². The first-order valence-electron chi connectivity index (χ1n) is 5.72. The number of nitrogens with zero attached hydrogens (tertiary/aromatic N) is 1. The average Bonchev–Trinajstić information content (AvgIpc) is 2.58. The Kier molecular flexibility index (Phi) is 2.81. The first-order chi connectivity index (χ1) is 7.92. The lowest BCUT2D eigenvalue weighted by Gasteiger charge is -2.34. The van der Waals surface area contributed by atoms with Crippen LogP contribution in [0, 0.1) is 5.82 Å². The van der Waals surface area contributed by atoms with E-state index in [-0.39, 0.29) is 11.1 Å². The highest BCUT2D eigenvalue weighted by Crippen LogP contribution is 2.35. The quantitative estimate of drug-likeness (QED) is 0.859. The first kappa shape index (κ1) is 11.9. The Morgan fingerprint density at radius 1 is 1.47 bits per heavy atom. The number of benzene rings is 1. The number of carboxylic acids is 1. The van der Waals surface area contributed by atoms with Gasteiger partial charge in [0.15, 0.2) is 0 Å². The van der Waals surface area contributed by atoms with Crippen molar-refractivity contribution in [2.75, 3.05) is 11.4 Å². The Hall–Kier alpha value is -1.58. The van der Waals surface area contributed by atoms with Crippen molar-refractivity contribution in [1.29, 1.82) is 0 Å². The molecule has 0 saturated carbocycles. The van der Waals surface area contributed by atoms with Crippen molar-refractivity contribution < 1.29 is 14.3 Å². The van der Waals surface area contributed by atoms with Crippen molar-refractivity contribution in [2.45, 2.75) is 32.2 Å². The van der Waals surface area contributed by atoms with Gasteiger partial charge in [-0.25, -0.2) is 9.18 Å². The number of halogens is 1. The third kappa shape index (κ3) is 2.12. The van der Waals surface area contributed by atoms with E-state index >= 15 is 0 Å². The van der Waals surface area contributed by atoms with Crippen LogP contribution in [-0.4, -0.2) is 23.2 Å². The van der Waals surface area contributed by atoms with E-state index in [0.717, 1.165) is 25.5 Å². The van der Waals surface area contributed by atoms with Crippen LogP contribution in [0.15, 0.2) is 18.2 Å². The van der Waals surface area contributed by atoms with Gasteiger partial charge in [0, 0.05) is 12.1 Å². The van der Waals surface area contributed by atoms with Crippen LogP contribution in [0.25, 0.3) is 0 Å². The van der Waals surface area contributed by atoms with Gasteiger partial charge in [0.2, 0.25) is 0 Å². The molecule has 4 heteroatoms. The van der Waals surface area contributed by atoms with Gasteiger partial charge >= 0.3 is 5.97 Å². The first-order valence-corrected chi connectivity index (χ1v) is 5.72. The summed E-state index contributed by atoms with van der Waals surface area (Å²) >= 11 is 0. The Morgan fingerprint density at radius 3 is 2.71 bits per heavy atom. The van der Waals surface area contributed by atoms with E-state index in [9.17, 15) is 9.18 Å². The van der Waals surface area contributed by atoms with Crippen molar-refractivity contribution >= 4 is 11.7 Å². The summed E-state index contributed by atoms with van der Waals surface area (Å²) < 4.78 is 13.1. The van der Waals surface area contributed by atoms with E-state index in [1.54, 1.807) is 6.07 Å². The summed E-state index contributed by atoms with van der Waals surface area (Å²) in [6, 6.07) is 3.97. The molecule has 1 heterocycles. The zero-order chi connectivity index (χ0) is 12.6. The summed E-state index contributed by atoms with van der Waals surface area (Å²) in [5.74, 6) is -1.59. The van der Waals surface area contributed by atoms with Gasteiger partial charge in [-0.1, -0.05) is 0 Å². The summed E-state index contributed by atoms with van der Waals surface area (Å²) in [6.07, 6.45) is 2.05. The van der Waals surface area contributed by atoms with Gasteiger partial charge in [0.1, 0.15) is 5.82 Å². The molecule has 1 aliphatic heterocycles. The number of hydrogen-bond acceptors (Lipinski definition) is 2. The van der Waals surface area contributed by atoms with Gasteiger partial charge < -0.3 is 10.0 Å². The van der Waals surface area contributed by atoms with Crippen LogP contribution in [0.5, 0.6) is 0 Å². The highest BCUT2D eigenvalue weighted by Gasteiger charge is 2.34. The van der Waals surface area contributed by atoms with Crippen LogP contribution < -0.4 is 4.90 Å². The lowest BCUT2D eigenvalue weighted by molar-refractivity contribution is 0.0697. The average molecular weight is 237 g/mol. The largest absolute Gasteiger partial charge is 0.478 e. The molecule has 92 valence electrons. The molecule has 2 rings (SSSR count). The topological polar surface area (TPSA) is 40.5 Å². The van der Waals surface area contributed by atoms with E-state index in [1.807, 2.05) is 0 Å². The normalized spacial score (nSPS) is 18.4. The molecule has 0 aliphatic carbocycles. The fourth-order valence-corrected chi connectivity index (χ4v) is 2.47. The van der Waals surface area contributed by atoms with Gasteiger partial charge in [0.25, 0.3) is 0 Å². The molecular formula is C13H16FNO2. The fraction of sp³-hybridized carbons (Fsp3) is 0.462. The molecule has 17 heavy (non-hydrogen) atoms. The highest BCUT2D eigenvalue weighted by atomic mass is 19.1. The number of carbonyl (C=O) groups is 1. The smallest absolute Gasteiger partial charge is 0.337 e. The number of hydrogen-bond donors (Lipinski definition) is 1. The highest BCUT2D eigenvalue weighted by molar-refractivity contribution is 5.94. The Morgan fingerprint density at radius 2 is 2.18 bits per heavy atom. The standard InChI is InChI=1S/C13H16FNO2/c1-13(2)6-3-7-15(13)11-5-4-9(14)8-10(11)12(16)17/h4-5,8H,3,6-7H2,1-2H3,(H,16,17). The summed E-state index contributed by atoms with van der Waals surface area (Å²) in [6.45, 7) is 4.98. The van der Waals surface area contributed by atoms with Crippen LogP contribution in [0.1, 0.15) is 37.0 Å². The van der Waals surface area contributed by atoms with Gasteiger partial charge in [-0.3, -0.25) is 0 Å².